The molecule has 2 N–H and O–H groups in total. The number of hydrogen-bond acceptors (Lipinski definition) is 1. The fourth-order valence-corrected chi connectivity index (χ4v) is 2.14. The number of halogens is 2. The van der Waals surface area contributed by atoms with Crippen LogP contribution >= 0.6 is 23.2 Å². The Bertz CT molecular complexity index is 506. The smallest absolute Gasteiger partial charge is 0.0485 e. The minimum atomic E-state index is 0.664. The Morgan fingerprint density at radius 3 is 2.29 bits per heavy atom. The van der Waals surface area contributed by atoms with Gasteiger partial charge in [0.1, 0.15) is 0 Å². The van der Waals surface area contributed by atoms with E-state index < -0.39 is 0 Å². The van der Waals surface area contributed by atoms with Gasteiger partial charge in [-0.1, -0.05) is 47.5 Å². The quantitative estimate of drug-likeness (QED) is 0.886. The molecule has 1 nitrogen and oxygen atoms in total. The van der Waals surface area contributed by atoms with Crippen LogP contribution in [0.25, 0.3) is 11.1 Å². The summed E-state index contributed by atoms with van der Waals surface area (Å²) in [5, 5.41) is 1.40. The molecule has 0 aliphatic rings. The zero-order valence-electron chi connectivity index (χ0n) is 9.29. The summed E-state index contributed by atoms with van der Waals surface area (Å²) < 4.78 is 0. The first-order valence-electron chi connectivity index (χ1n) is 5.45. The SMILES string of the molecule is NCCc1ccc(-c2cc(Cl)ccc2Cl)cc1. The summed E-state index contributed by atoms with van der Waals surface area (Å²) in [6.45, 7) is 0.664. The lowest BCUT2D eigenvalue weighted by atomic mass is 10.0. The molecule has 0 heterocycles. The number of hydrogen-bond donors (Lipinski definition) is 1. The normalized spacial score (nSPS) is 10.5. The van der Waals surface area contributed by atoms with Crippen LogP contribution in [-0.2, 0) is 6.42 Å². The largest absolute Gasteiger partial charge is 0.330 e. The Balaban J connectivity index is 2.36. The van der Waals surface area contributed by atoms with Gasteiger partial charge in [0, 0.05) is 15.6 Å². The van der Waals surface area contributed by atoms with E-state index in [-0.39, 0.29) is 0 Å². The molecule has 2 aromatic rings. The summed E-state index contributed by atoms with van der Waals surface area (Å²) in [4.78, 5) is 0. The standard InChI is InChI=1S/C14H13Cl2N/c15-12-5-6-14(16)13(9-12)11-3-1-10(2-4-11)7-8-17/h1-6,9H,7-8,17H2. The van der Waals surface area contributed by atoms with Gasteiger partial charge in [-0.3, -0.25) is 0 Å². The highest BCUT2D eigenvalue weighted by atomic mass is 35.5. The van der Waals surface area contributed by atoms with E-state index >= 15 is 0 Å². The molecule has 2 rings (SSSR count). The van der Waals surface area contributed by atoms with Crippen LogP contribution in [-0.4, -0.2) is 6.54 Å². The first-order chi connectivity index (χ1) is 8.20. The summed E-state index contributed by atoms with van der Waals surface area (Å²) in [7, 11) is 0. The number of nitrogens with two attached hydrogens (primary N) is 1. The van der Waals surface area contributed by atoms with Crippen LogP contribution in [0.5, 0.6) is 0 Å². The molecule has 0 spiro atoms. The summed E-state index contributed by atoms with van der Waals surface area (Å²) in [6.07, 6.45) is 0.892. The third kappa shape index (κ3) is 3.01. The van der Waals surface area contributed by atoms with Crippen molar-refractivity contribution in [2.75, 3.05) is 6.54 Å². The summed E-state index contributed by atoms with van der Waals surface area (Å²) in [5.41, 5.74) is 8.77. The van der Waals surface area contributed by atoms with E-state index in [1.54, 1.807) is 6.07 Å². The van der Waals surface area contributed by atoms with E-state index in [4.69, 9.17) is 28.9 Å². The zero-order valence-corrected chi connectivity index (χ0v) is 10.8. The van der Waals surface area contributed by atoms with Crippen molar-refractivity contribution in [2.24, 2.45) is 5.73 Å². The first kappa shape index (κ1) is 12.4. The van der Waals surface area contributed by atoms with Crippen molar-refractivity contribution in [3.8, 4) is 11.1 Å². The highest BCUT2D eigenvalue weighted by molar-refractivity contribution is 6.35. The lowest BCUT2D eigenvalue weighted by molar-refractivity contribution is 0.969. The highest BCUT2D eigenvalue weighted by Gasteiger charge is 2.04. The van der Waals surface area contributed by atoms with Gasteiger partial charge in [0.25, 0.3) is 0 Å². The molecule has 0 saturated carbocycles. The van der Waals surface area contributed by atoms with Crippen molar-refractivity contribution in [1.82, 2.24) is 0 Å². The van der Waals surface area contributed by atoms with Gasteiger partial charge < -0.3 is 5.73 Å². The van der Waals surface area contributed by atoms with Crippen molar-refractivity contribution < 1.29 is 0 Å². The van der Waals surface area contributed by atoms with Crippen molar-refractivity contribution in [3.63, 3.8) is 0 Å². The van der Waals surface area contributed by atoms with E-state index in [2.05, 4.69) is 12.1 Å². The molecule has 88 valence electrons. The van der Waals surface area contributed by atoms with Crippen LogP contribution in [0.4, 0.5) is 0 Å². The van der Waals surface area contributed by atoms with Crippen LogP contribution in [0.3, 0.4) is 0 Å². The molecule has 0 bridgehead atoms. The fourth-order valence-electron chi connectivity index (χ4n) is 1.74. The third-order valence-electron chi connectivity index (χ3n) is 2.63. The van der Waals surface area contributed by atoms with E-state index in [9.17, 15) is 0 Å². The second-order valence-corrected chi connectivity index (χ2v) is 4.70. The molecule has 0 amide bonds. The maximum atomic E-state index is 6.15. The molecule has 0 atom stereocenters. The average Bonchev–Trinajstić information content (AvgIpc) is 2.34. The fraction of sp³-hybridized carbons (Fsp3) is 0.143. The topological polar surface area (TPSA) is 26.0 Å². The van der Waals surface area contributed by atoms with Gasteiger partial charge in [-0.15, -0.1) is 0 Å². The molecule has 3 heteroatoms. The minimum absolute atomic E-state index is 0.664. The van der Waals surface area contributed by atoms with Crippen LogP contribution < -0.4 is 5.73 Å². The van der Waals surface area contributed by atoms with E-state index in [1.807, 2.05) is 24.3 Å². The van der Waals surface area contributed by atoms with Crippen molar-refractivity contribution in [3.05, 3.63) is 58.1 Å². The molecule has 0 aliphatic carbocycles. The Kier molecular flexibility index (Phi) is 4.06. The van der Waals surface area contributed by atoms with Gasteiger partial charge >= 0.3 is 0 Å². The summed E-state index contributed by atoms with van der Waals surface area (Å²) in [6, 6.07) is 13.7. The molecule has 0 aliphatic heterocycles. The second kappa shape index (κ2) is 5.54. The number of rotatable bonds is 3. The van der Waals surface area contributed by atoms with E-state index in [0.717, 1.165) is 17.5 Å². The Morgan fingerprint density at radius 1 is 0.941 bits per heavy atom. The molecule has 0 fully saturated rings. The van der Waals surface area contributed by atoms with Crippen LogP contribution in [0.15, 0.2) is 42.5 Å². The molecule has 0 saturated heterocycles. The lowest BCUT2D eigenvalue weighted by Gasteiger charge is -2.06. The van der Waals surface area contributed by atoms with E-state index in [1.165, 1.54) is 5.56 Å². The third-order valence-corrected chi connectivity index (χ3v) is 3.19. The maximum Gasteiger partial charge on any atom is 0.0485 e. The predicted octanol–water partition coefficient (Wildman–Crippen LogP) is 4.16. The van der Waals surface area contributed by atoms with Crippen LogP contribution in [0, 0.1) is 0 Å². The summed E-state index contributed by atoms with van der Waals surface area (Å²) >= 11 is 12.1. The van der Waals surface area contributed by atoms with Crippen molar-refractivity contribution >= 4 is 23.2 Å². The molecule has 0 radical (unpaired) electrons. The lowest BCUT2D eigenvalue weighted by Crippen LogP contribution is -2.02. The molecule has 0 aromatic heterocycles. The molecular weight excluding hydrogens is 253 g/mol. The molecular formula is C14H13Cl2N. The minimum Gasteiger partial charge on any atom is -0.330 e. The van der Waals surface area contributed by atoms with E-state index in [0.29, 0.717) is 16.6 Å². The number of benzene rings is 2. The summed E-state index contributed by atoms with van der Waals surface area (Å²) in [5.74, 6) is 0. The van der Waals surface area contributed by atoms with Gasteiger partial charge in [-0.25, -0.2) is 0 Å². The first-order valence-corrected chi connectivity index (χ1v) is 6.21. The molecule has 2 aromatic carbocycles. The highest BCUT2D eigenvalue weighted by Crippen LogP contribution is 2.30. The predicted molar refractivity (Wildman–Crippen MR) is 74.7 cm³/mol. The van der Waals surface area contributed by atoms with Gasteiger partial charge in [-0.05, 0) is 42.3 Å². The maximum absolute atomic E-state index is 6.15. The molecule has 17 heavy (non-hydrogen) atoms. The monoisotopic (exact) mass is 265 g/mol. The average molecular weight is 266 g/mol. The Labute approximate surface area is 111 Å². The van der Waals surface area contributed by atoms with Gasteiger partial charge in [0.05, 0.1) is 0 Å². The zero-order chi connectivity index (χ0) is 12.3. The van der Waals surface area contributed by atoms with Gasteiger partial charge in [0.2, 0.25) is 0 Å². The Hall–Kier alpha value is -1.02. The Morgan fingerprint density at radius 2 is 1.65 bits per heavy atom. The van der Waals surface area contributed by atoms with Gasteiger partial charge in [0.15, 0.2) is 0 Å². The van der Waals surface area contributed by atoms with Crippen LogP contribution in [0.2, 0.25) is 10.0 Å². The van der Waals surface area contributed by atoms with Gasteiger partial charge in [-0.2, -0.15) is 0 Å². The van der Waals surface area contributed by atoms with Crippen molar-refractivity contribution in [2.45, 2.75) is 6.42 Å². The van der Waals surface area contributed by atoms with Crippen LogP contribution in [0.1, 0.15) is 5.56 Å². The molecule has 0 unspecified atom stereocenters. The van der Waals surface area contributed by atoms with Crippen molar-refractivity contribution in [1.29, 1.82) is 0 Å². The second-order valence-electron chi connectivity index (χ2n) is 3.86.